The summed E-state index contributed by atoms with van der Waals surface area (Å²) < 4.78 is 0. The molecular formula is C17H18N4O2. The molecule has 3 rings (SSSR count). The van der Waals surface area contributed by atoms with Crippen molar-refractivity contribution in [2.45, 2.75) is 13.0 Å². The molecule has 1 aliphatic heterocycles. The molecule has 1 fully saturated rings. The summed E-state index contributed by atoms with van der Waals surface area (Å²) in [6, 6.07) is 9.65. The van der Waals surface area contributed by atoms with Crippen molar-refractivity contribution < 1.29 is 9.59 Å². The fraction of sp³-hybridized carbons (Fsp3) is 0.294. The largest absolute Gasteiger partial charge is 0.333 e. The average molecular weight is 310 g/mol. The molecular weight excluding hydrogens is 292 g/mol. The van der Waals surface area contributed by atoms with Crippen LogP contribution in [0.1, 0.15) is 29.0 Å². The zero-order valence-corrected chi connectivity index (χ0v) is 12.9. The molecule has 0 spiro atoms. The van der Waals surface area contributed by atoms with Gasteiger partial charge in [0, 0.05) is 39.0 Å². The summed E-state index contributed by atoms with van der Waals surface area (Å²) in [4.78, 5) is 36.1. The molecule has 2 heterocycles. The van der Waals surface area contributed by atoms with Crippen molar-refractivity contribution in [3.05, 3.63) is 60.2 Å². The molecule has 2 amide bonds. The number of hydrogen-bond acceptors (Lipinski definition) is 4. The Hall–Kier alpha value is -2.76. The van der Waals surface area contributed by atoms with Gasteiger partial charge >= 0.3 is 0 Å². The van der Waals surface area contributed by atoms with E-state index in [0.717, 1.165) is 5.56 Å². The molecule has 1 aromatic heterocycles. The Morgan fingerprint density at radius 1 is 1.13 bits per heavy atom. The molecule has 0 bridgehead atoms. The Bertz CT molecular complexity index is 690. The van der Waals surface area contributed by atoms with Crippen LogP contribution < -0.4 is 0 Å². The number of piperazine rings is 1. The van der Waals surface area contributed by atoms with Crippen molar-refractivity contribution in [3.8, 4) is 0 Å². The van der Waals surface area contributed by atoms with Gasteiger partial charge in [-0.1, -0.05) is 30.3 Å². The van der Waals surface area contributed by atoms with Crippen LogP contribution in [0.25, 0.3) is 0 Å². The summed E-state index contributed by atoms with van der Waals surface area (Å²) in [6.07, 6.45) is 4.52. The lowest BCUT2D eigenvalue weighted by Crippen LogP contribution is -2.52. The SMILES string of the molecule is CC(=O)N1CCN(C(=O)c2cnccn2)CC1c1ccccc1. The summed E-state index contributed by atoms with van der Waals surface area (Å²) in [5.74, 6) is -0.132. The molecule has 2 aromatic rings. The van der Waals surface area contributed by atoms with Gasteiger partial charge < -0.3 is 9.80 Å². The third-order valence-electron chi connectivity index (χ3n) is 4.04. The number of rotatable bonds is 2. The summed E-state index contributed by atoms with van der Waals surface area (Å²) >= 11 is 0. The second-order valence-corrected chi connectivity index (χ2v) is 5.48. The molecule has 23 heavy (non-hydrogen) atoms. The van der Waals surface area contributed by atoms with E-state index in [2.05, 4.69) is 9.97 Å². The van der Waals surface area contributed by atoms with Crippen LogP contribution in [0.3, 0.4) is 0 Å². The van der Waals surface area contributed by atoms with Crippen LogP contribution in [0.15, 0.2) is 48.9 Å². The number of hydrogen-bond donors (Lipinski definition) is 0. The van der Waals surface area contributed by atoms with Gasteiger partial charge in [-0.05, 0) is 5.56 Å². The molecule has 118 valence electrons. The number of amides is 2. The summed E-state index contributed by atoms with van der Waals surface area (Å²) in [7, 11) is 0. The number of nitrogens with zero attached hydrogens (tertiary/aromatic N) is 4. The highest BCUT2D eigenvalue weighted by Gasteiger charge is 2.32. The van der Waals surface area contributed by atoms with Crippen LogP contribution in [0.2, 0.25) is 0 Å². The zero-order chi connectivity index (χ0) is 16.2. The highest BCUT2D eigenvalue weighted by molar-refractivity contribution is 5.92. The molecule has 6 nitrogen and oxygen atoms in total. The predicted octanol–water partition coefficient (Wildman–Crippen LogP) is 1.52. The quantitative estimate of drug-likeness (QED) is 0.843. The molecule has 1 aromatic carbocycles. The Morgan fingerprint density at radius 3 is 2.57 bits per heavy atom. The van der Waals surface area contributed by atoms with Crippen LogP contribution >= 0.6 is 0 Å². The van der Waals surface area contributed by atoms with Crippen LogP contribution in [0, 0.1) is 0 Å². The van der Waals surface area contributed by atoms with Crippen molar-refractivity contribution in [2.24, 2.45) is 0 Å². The predicted molar refractivity (Wildman–Crippen MR) is 84.5 cm³/mol. The van der Waals surface area contributed by atoms with Gasteiger partial charge in [-0.15, -0.1) is 0 Å². The van der Waals surface area contributed by atoms with E-state index in [1.165, 1.54) is 18.6 Å². The third-order valence-corrected chi connectivity index (χ3v) is 4.04. The van der Waals surface area contributed by atoms with E-state index in [9.17, 15) is 9.59 Å². The second kappa shape index (κ2) is 6.56. The lowest BCUT2D eigenvalue weighted by atomic mass is 10.0. The molecule has 1 aliphatic rings. The minimum Gasteiger partial charge on any atom is -0.333 e. The van der Waals surface area contributed by atoms with E-state index < -0.39 is 0 Å². The molecule has 0 N–H and O–H groups in total. The van der Waals surface area contributed by atoms with Crippen molar-refractivity contribution in [3.63, 3.8) is 0 Å². The maximum atomic E-state index is 12.6. The normalized spacial score (nSPS) is 17.9. The standard InChI is InChI=1S/C17H18N4O2/c1-13(22)21-10-9-20(17(23)15-11-18-7-8-19-15)12-16(21)14-5-3-2-4-6-14/h2-8,11,16H,9-10,12H2,1H3. The molecule has 0 saturated carbocycles. The Kier molecular flexibility index (Phi) is 4.32. The van der Waals surface area contributed by atoms with Gasteiger partial charge in [-0.3, -0.25) is 14.6 Å². The van der Waals surface area contributed by atoms with Crippen LogP contribution in [0.5, 0.6) is 0 Å². The van der Waals surface area contributed by atoms with E-state index >= 15 is 0 Å². The van der Waals surface area contributed by atoms with Gasteiger partial charge in [-0.25, -0.2) is 4.98 Å². The van der Waals surface area contributed by atoms with E-state index in [-0.39, 0.29) is 17.9 Å². The molecule has 6 heteroatoms. The Balaban J connectivity index is 1.84. The van der Waals surface area contributed by atoms with Gasteiger partial charge in [0.05, 0.1) is 12.2 Å². The molecule has 0 radical (unpaired) electrons. The summed E-state index contributed by atoms with van der Waals surface area (Å²) in [5, 5.41) is 0. The fourth-order valence-electron chi connectivity index (χ4n) is 2.88. The van der Waals surface area contributed by atoms with Crippen molar-refractivity contribution >= 4 is 11.8 Å². The maximum absolute atomic E-state index is 12.6. The van der Waals surface area contributed by atoms with Crippen LogP contribution in [-0.4, -0.2) is 51.2 Å². The Morgan fingerprint density at radius 2 is 1.91 bits per heavy atom. The van der Waals surface area contributed by atoms with Crippen LogP contribution in [-0.2, 0) is 4.79 Å². The molecule has 1 atom stereocenters. The van der Waals surface area contributed by atoms with Crippen molar-refractivity contribution in [1.82, 2.24) is 19.8 Å². The highest BCUT2D eigenvalue weighted by atomic mass is 16.2. The van der Waals surface area contributed by atoms with Gasteiger partial charge in [-0.2, -0.15) is 0 Å². The first-order valence-electron chi connectivity index (χ1n) is 7.54. The smallest absolute Gasteiger partial charge is 0.274 e. The summed E-state index contributed by atoms with van der Waals surface area (Å²) in [6.45, 7) is 3.04. The van der Waals surface area contributed by atoms with Crippen molar-refractivity contribution in [1.29, 1.82) is 0 Å². The maximum Gasteiger partial charge on any atom is 0.274 e. The minimum atomic E-state index is -0.151. The molecule has 0 aliphatic carbocycles. The number of benzene rings is 1. The number of aromatic nitrogens is 2. The second-order valence-electron chi connectivity index (χ2n) is 5.48. The topological polar surface area (TPSA) is 66.4 Å². The highest BCUT2D eigenvalue weighted by Crippen LogP contribution is 2.26. The number of carbonyl (C=O) groups is 2. The zero-order valence-electron chi connectivity index (χ0n) is 12.9. The van der Waals surface area contributed by atoms with E-state index in [1.54, 1.807) is 11.8 Å². The fourth-order valence-corrected chi connectivity index (χ4v) is 2.88. The molecule has 1 saturated heterocycles. The van der Waals surface area contributed by atoms with Gasteiger partial charge in [0.1, 0.15) is 5.69 Å². The minimum absolute atomic E-state index is 0.0189. The van der Waals surface area contributed by atoms with Gasteiger partial charge in [0.15, 0.2) is 0 Å². The lowest BCUT2D eigenvalue weighted by molar-refractivity contribution is -0.133. The van der Waals surface area contributed by atoms with E-state index in [0.29, 0.717) is 25.3 Å². The first-order valence-corrected chi connectivity index (χ1v) is 7.54. The molecule has 1 unspecified atom stereocenters. The summed E-state index contributed by atoms with van der Waals surface area (Å²) in [5.41, 5.74) is 1.36. The van der Waals surface area contributed by atoms with E-state index in [1.807, 2.05) is 35.2 Å². The first-order chi connectivity index (χ1) is 11.2. The lowest BCUT2D eigenvalue weighted by Gasteiger charge is -2.41. The monoisotopic (exact) mass is 310 g/mol. The third kappa shape index (κ3) is 3.21. The average Bonchev–Trinajstić information content (AvgIpc) is 2.62. The van der Waals surface area contributed by atoms with Gasteiger partial charge in [0.25, 0.3) is 5.91 Å². The van der Waals surface area contributed by atoms with E-state index in [4.69, 9.17) is 0 Å². The van der Waals surface area contributed by atoms with Crippen molar-refractivity contribution in [2.75, 3.05) is 19.6 Å². The number of carbonyl (C=O) groups excluding carboxylic acids is 2. The van der Waals surface area contributed by atoms with Gasteiger partial charge in [0.2, 0.25) is 5.91 Å². The van der Waals surface area contributed by atoms with Crippen LogP contribution in [0.4, 0.5) is 0 Å². The first kappa shape index (κ1) is 15.1. The Labute approximate surface area is 134 Å².